The van der Waals surface area contributed by atoms with Crippen LogP contribution in [0.25, 0.3) is 0 Å². The van der Waals surface area contributed by atoms with Crippen LogP contribution in [-0.4, -0.2) is 0 Å². The highest BCUT2D eigenvalue weighted by Crippen LogP contribution is 2.21. The van der Waals surface area contributed by atoms with Crippen molar-refractivity contribution in [3.63, 3.8) is 0 Å². The minimum absolute atomic E-state index is 0.404. The first-order valence-corrected chi connectivity index (χ1v) is 7.00. The molecule has 2 rings (SSSR count). The van der Waals surface area contributed by atoms with Crippen LogP contribution in [0.2, 0.25) is 0 Å². The molecule has 0 heterocycles. The Kier molecular flexibility index (Phi) is 4.75. The Morgan fingerprint density at radius 1 is 0.947 bits per heavy atom. The van der Waals surface area contributed by atoms with Gasteiger partial charge in [0.2, 0.25) is 0 Å². The van der Waals surface area contributed by atoms with E-state index in [9.17, 15) is 0 Å². The Labute approximate surface area is 116 Å². The zero-order chi connectivity index (χ0) is 13.7. The van der Waals surface area contributed by atoms with Crippen LogP contribution in [0.4, 0.5) is 0 Å². The fourth-order valence-electron chi connectivity index (χ4n) is 2.45. The third-order valence-electron chi connectivity index (χ3n) is 3.43. The smallest absolute Gasteiger partial charge is 0.0346 e. The molecule has 0 amide bonds. The Morgan fingerprint density at radius 3 is 2.32 bits per heavy atom. The molecule has 19 heavy (non-hydrogen) atoms. The topological polar surface area (TPSA) is 12.0 Å². The van der Waals surface area contributed by atoms with E-state index < -0.39 is 0 Å². The predicted molar refractivity (Wildman–Crippen MR) is 82.0 cm³/mol. The van der Waals surface area contributed by atoms with E-state index in [0.29, 0.717) is 12.0 Å². The van der Waals surface area contributed by atoms with Crippen molar-refractivity contribution in [2.24, 2.45) is 5.92 Å². The zero-order valence-electron chi connectivity index (χ0n) is 12.1. The standard InChI is InChI=1S/C18H23N/c1-14(2)18(17-10-5-4-6-11-17)19-13-16-9-7-8-15(3)12-16/h4-12,14,18-19H,13H2,1-3H3. The second-order valence-electron chi connectivity index (χ2n) is 5.50. The quantitative estimate of drug-likeness (QED) is 0.828. The molecule has 1 nitrogen and oxygen atoms in total. The Morgan fingerprint density at radius 2 is 1.68 bits per heavy atom. The molecule has 0 radical (unpaired) electrons. The average molecular weight is 253 g/mol. The first-order chi connectivity index (χ1) is 9.16. The van der Waals surface area contributed by atoms with Gasteiger partial charge in [0.15, 0.2) is 0 Å². The maximum Gasteiger partial charge on any atom is 0.0346 e. The van der Waals surface area contributed by atoms with Crippen molar-refractivity contribution in [2.75, 3.05) is 0 Å². The van der Waals surface area contributed by atoms with E-state index in [1.165, 1.54) is 16.7 Å². The van der Waals surface area contributed by atoms with Crippen LogP contribution in [0, 0.1) is 12.8 Å². The van der Waals surface area contributed by atoms with Gasteiger partial charge < -0.3 is 5.32 Å². The number of benzene rings is 2. The van der Waals surface area contributed by atoms with Crippen molar-refractivity contribution >= 4 is 0 Å². The van der Waals surface area contributed by atoms with E-state index in [1.54, 1.807) is 0 Å². The lowest BCUT2D eigenvalue weighted by molar-refractivity contribution is 0.410. The maximum absolute atomic E-state index is 3.68. The number of nitrogens with one attached hydrogen (secondary N) is 1. The molecule has 2 aromatic rings. The average Bonchev–Trinajstić information content (AvgIpc) is 2.40. The fraction of sp³-hybridized carbons (Fsp3) is 0.333. The molecule has 0 saturated heterocycles. The van der Waals surface area contributed by atoms with Gasteiger partial charge >= 0.3 is 0 Å². The number of hydrogen-bond donors (Lipinski definition) is 1. The van der Waals surface area contributed by atoms with E-state index in [0.717, 1.165) is 6.54 Å². The second kappa shape index (κ2) is 6.53. The highest BCUT2D eigenvalue weighted by Gasteiger charge is 2.14. The summed E-state index contributed by atoms with van der Waals surface area (Å²) in [6.45, 7) is 7.59. The molecule has 0 aromatic heterocycles. The monoisotopic (exact) mass is 253 g/mol. The summed E-state index contributed by atoms with van der Waals surface area (Å²) in [5, 5.41) is 3.68. The Bertz CT molecular complexity index is 502. The molecule has 0 aliphatic rings. The van der Waals surface area contributed by atoms with Crippen LogP contribution < -0.4 is 5.32 Å². The number of rotatable bonds is 5. The fourth-order valence-corrected chi connectivity index (χ4v) is 2.45. The summed E-state index contributed by atoms with van der Waals surface area (Å²) in [5.74, 6) is 0.576. The summed E-state index contributed by atoms with van der Waals surface area (Å²) < 4.78 is 0. The molecule has 2 aromatic carbocycles. The van der Waals surface area contributed by atoms with Crippen LogP contribution >= 0.6 is 0 Å². The molecule has 1 unspecified atom stereocenters. The molecule has 0 aliphatic heterocycles. The van der Waals surface area contributed by atoms with Crippen molar-refractivity contribution in [1.82, 2.24) is 5.32 Å². The molecule has 0 aliphatic carbocycles. The molecule has 1 heteroatoms. The highest BCUT2D eigenvalue weighted by atomic mass is 14.9. The van der Waals surface area contributed by atoms with Gasteiger partial charge in [0, 0.05) is 12.6 Å². The van der Waals surface area contributed by atoms with Gasteiger partial charge in [-0.2, -0.15) is 0 Å². The van der Waals surface area contributed by atoms with Crippen molar-refractivity contribution in [3.05, 3.63) is 71.3 Å². The van der Waals surface area contributed by atoms with Gasteiger partial charge in [-0.05, 0) is 24.0 Å². The molecular weight excluding hydrogens is 230 g/mol. The van der Waals surface area contributed by atoms with Gasteiger partial charge in [-0.15, -0.1) is 0 Å². The summed E-state index contributed by atoms with van der Waals surface area (Å²) in [6, 6.07) is 19.8. The van der Waals surface area contributed by atoms with Crippen molar-refractivity contribution in [1.29, 1.82) is 0 Å². The predicted octanol–water partition coefficient (Wildman–Crippen LogP) is 4.48. The van der Waals surface area contributed by atoms with Crippen LogP contribution in [0.1, 0.15) is 36.6 Å². The molecule has 0 bridgehead atoms. The number of aryl methyl sites for hydroxylation is 1. The summed E-state index contributed by atoms with van der Waals surface area (Å²) in [7, 11) is 0. The van der Waals surface area contributed by atoms with Gasteiger partial charge in [-0.25, -0.2) is 0 Å². The molecular formula is C18H23N. The summed E-state index contributed by atoms with van der Waals surface area (Å²) in [4.78, 5) is 0. The minimum atomic E-state index is 0.404. The lowest BCUT2D eigenvalue weighted by atomic mass is 9.96. The molecule has 0 saturated carbocycles. The maximum atomic E-state index is 3.68. The van der Waals surface area contributed by atoms with E-state index in [-0.39, 0.29) is 0 Å². The lowest BCUT2D eigenvalue weighted by Gasteiger charge is -2.23. The summed E-state index contributed by atoms with van der Waals surface area (Å²) in [6.07, 6.45) is 0. The second-order valence-corrected chi connectivity index (χ2v) is 5.50. The zero-order valence-corrected chi connectivity index (χ0v) is 12.1. The molecule has 1 atom stereocenters. The van der Waals surface area contributed by atoms with Gasteiger partial charge in [-0.1, -0.05) is 74.0 Å². The van der Waals surface area contributed by atoms with E-state index in [1.807, 2.05) is 0 Å². The van der Waals surface area contributed by atoms with Crippen LogP contribution in [0.5, 0.6) is 0 Å². The van der Waals surface area contributed by atoms with Crippen molar-refractivity contribution < 1.29 is 0 Å². The first-order valence-electron chi connectivity index (χ1n) is 7.00. The molecule has 100 valence electrons. The third-order valence-corrected chi connectivity index (χ3v) is 3.43. The van der Waals surface area contributed by atoms with Gasteiger partial charge in [0.25, 0.3) is 0 Å². The summed E-state index contributed by atoms with van der Waals surface area (Å²) >= 11 is 0. The molecule has 0 spiro atoms. The molecule has 0 fully saturated rings. The van der Waals surface area contributed by atoms with Crippen molar-refractivity contribution in [3.8, 4) is 0 Å². The van der Waals surface area contributed by atoms with E-state index in [4.69, 9.17) is 0 Å². The number of hydrogen-bond acceptors (Lipinski definition) is 1. The van der Waals surface area contributed by atoms with Gasteiger partial charge in [0.1, 0.15) is 0 Å². The third kappa shape index (κ3) is 3.93. The van der Waals surface area contributed by atoms with Crippen LogP contribution in [-0.2, 0) is 6.54 Å². The SMILES string of the molecule is Cc1cccc(CNC(c2ccccc2)C(C)C)c1. The highest BCUT2D eigenvalue weighted by molar-refractivity contribution is 5.23. The normalized spacial score (nSPS) is 12.6. The lowest BCUT2D eigenvalue weighted by Crippen LogP contribution is -2.25. The van der Waals surface area contributed by atoms with Gasteiger partial charge in [0.05, 0.1) is 0 Å². The van der Waals surface area contributed by atoms with Crippen LogP contribution in [0.15, 0.2) is 54.6 Å². The van der Waals surface area contributed by atoms with Crippen molar-refractivity contribution in [2.45, 2.75) is 33.4 Å². The minimum Gasteiger partial charge on any atom is -0.306 e. The first kappa shape index (κ1) is 13.8. The van der Waals surface area contributed by atoms with Gasteiger partial charge in [-0.3, -0.25) is 0 Å². The molecule has 1 N–H and O–H groups in total. The summed E-state index contributed by atoms with van der Waals surface area (Å²) in [5.41, 5.74) is 4.03. The Balaban J connectivity index is 2.06. The van der Waals surface area contributed by atoms with E-state index in [2.05, 4.69) is 80.7 Å². The van der Waals surface area contributed by atoms with E-state index >= 15 is 0 Å². The Hall–Kier alpha value is -1.60. The largest absolute Gasteiger partial charge is 0.306 e. The van der Waals surface area contributed by atoms with Crippen LogP contribution in [0.3, 0.4) is 0 Å².